The summed E-state index contributed by atoms with van der Waals surface area (Å²) < 4.78 is 17.3. The molecular formula is C17H17NO5S. The Kier molecular flexibility index (Phi) is 6.08. The van der Waals surface area contributed by atoms with Gasteiger partial charge in [-0.1, -0.05) is 18.2 Å². The van der Waals surface area contributed by atoms with Crippen molar-refractivity contribution >= 4 is 28.4 Å². The van der Waals surface area contributed by atoms with Gasteiger partial charge in [0.25, 0.3) is 0 Å². The fourth-order valence-electron chi connectivity index (χ4n) is 2.09. The third kappa shape index (κ3) is 4.92. The van der Waals surface area contributed by atoms with Gasteiger partial charge in [-0.25, -0.2) is 4.79 Å². The zero-order valence-electron chi connectivity index (χ0n) is 13.0. The van der Waals surface area contributed by atoms with E-state index in [4.69, 9.17) is 9.84 Å². The van der Waals surface area contributed by atoms with Crippen molar-refractivity contribution in [3.8, 4) is 5.75 Å². The van der Waals surface area contributed by atoms with E-state index >= 15 is 0 Å². The second kappa shape index (κ2) is 8.26. The highest BCUT2D eigenvalue weighted by Gasteiger charge is 2.12. The first-order chi connectivity index (χ1) is 11.5. The van der Waals surface area contributed by atoms with Crippen LogP contribution in [0.2, 0.25) is 0 Å². The van der Waals surface area contributed by atoms with Crippen molar-refractivity contribution in [2.24, 2.45) is 0 Å². The largest absolute Gasteiger partial charge is 0.496 e. The summed E-state index contributed by atoms with van der Waals surface area (Å²) in [6.45, 7) is 0. The summed E-state index contributed by atoms with van der Waals surface area (Å²) in [7, 11) is 0.152. The average molecular weight is 347 g/mol. The van der Waals surface area contributed by atoms with E-state index in [0.29, 0.717) is 11.4 Å². The standard InChI is InChI=1S/C17H17NO5S/c1-23-15-5-3-2-4-13(15)10-24(22)11-16(19)18-14-8-6-12(7-9-14)17(20)21/h2-9H,10-11H2,1H3,(H,18,19)(H,20,21). The van der Waals surface area contributed by atoms with Crippen LogP contribution in [0.15, 0.2) is 48.5 Å². The lowest BCUT2D eigenvalue weighted by atomic mass is 10.2. The number of amides is 1. The number of ether oxygens (including phenoxy) is 1. The number of anilines is 1. The summed E-state index contributed by atoms with van der Waals surface area (Å²) >= 11 is 0. The first-order valence-electron chi connectivity index (χ1n) is 7.09. The average Bonchev–Trinajstić information content (AvgIpc) is 2.55. The number of rotatable bonds is 7. The molecule has 2 N–H and O–H groups in total. The molecule has 126 valence electrons. The molecule has 7 heteroatoms. The Balaban J connectivity index is 1.92. The van der Waals surface area contributed by atoms with Gasteiger partial charge >= 0.3 is 5.97 Å². The van der Waals surface area contributed by atoms with Gasteiger partial charge in [0.05, 0.1) is 18.4 Å². The summed E-state index contributed by atoms with van der Waals surface area (Å²) in [6, 6.07) is 13.0. The molecule has 0 fully saturated rings. The summed E-state index contributed by atoms with van der Waals surface area (Å²) in [5.41, 5.74) is 1.36. The number of hydrogen-bond acceptors (Lipinski definition) is 4. The Labute approximate surface area is 141 Å². The lowest BCUT2D eigenvalue weighted by Crippen LogP contribution is -2.20. The molecule has 0 radical (unpaired) electrons. The van der Waals surface area contributed by atoms with E-state index in [1.165, 1.54) is 31.4 Å². The number of methoxy groups -OCH3 is 1. The number of para-hydroxylation sites is 1. The molecule has 1 atom stereocenters. The molecule has 0 aromatic heterocycles. The van der Waals surface area contributed by atoms with Gasteiger partial charge in [-0.2, -0.15) is 0 Å². The Morgan fingerprint density at radius 2 is 1.79 bits per heavy atom. The van der Waals surface area contributed by atoms with Crippen molar-refractivity contribution in [2.75, 3.05) is 18.2 Å². The number of nitrogens with one attached hydrogen (secondary N) is 1. The van der Waals surface area contributed by atoms with Gasteiger partial charge in [-0.3, -0.25) is 9.00 Å². The smallest absolute Gasteiger partial charge is 0.335 e. The van der Waals surface area contributed by atoms with Crippen LogP contribution in [-0.2, 0) is 21.3 Å². The molecule has 1 amide bonds. The zero-order valence-corrected chi connectivity index (χ0v) is 13.8. The van der Waals surface area contributed by atoms with Crippen LogP contribution in [0.3, 0.4) is 0 Å². The van der Waals surface area contributed by atoms with Gasteiger partial charge in [0.1, 0.15) is 11.5 Å². The molecule has 0 aliphatic carbocycles. The maximum absolute atomic E-state index is 12.1. The molecule has 0 heterocycles. The Morgan fingerprint density at radius 1 is 1.12 bits per heavy atom. The number of carboxylic acids is 1. The van der Waals surface area contributed by atoms with Crippen molar-refractivity contribution in [1.82, 2.24) is 0 Å². The molecule has 0 bridgehead atoms. The maximum Gasteiger partial charge on any atom is 0.335 e. The lowest BCUT2D eigenvalue weighted by molar-refractivity contribution is -0.113. The van der Waals surface area contributed by atoms with Crippen molar-refractivity contribution in [3.63, 3.8) is 0 Å². The number of carboxylic acid groups (broad SMARTS) is 1. The van der Waals surface area contributed by atoms with Crippen molar-refractivity contribution in [2.45, 2.75) is 5.75 Å². The first kappa shape index (κ1) is 17.7. The van der Waals surface area contributed by atoms with Gasteiger partial charge < -0.3 is 15.2 Å². The van der Waals surface area contributed by atoms with Crippen molar-refractivity contribution in [1.29, 1.82) is 0 Å². The minimum atomic E-state index is -1.38. The zero-order chi connectivity index (χ0) is 17.5. The Bertz CT molecular complexity index is 758. The number of aromatic carboxylic acids is 1. The van der Waals surface area contributed by atoms with E-state index in [-0.39, 0.29) is 17.1 Å². The monoisotopic (exact) mass is 347 g/mol. The van der Waals surface area contributed by atoms with Crippen LogP contribution in [0.1, 0.15) is 15.9 Å². The van der Waals surface area contributed by atoms with Gasteiger partial charge in [0, 0.05) is 22.1 Å². The predicted molar refractivity (Wildman–Crippen MR) is 91.7 cm³/mol. The van der Waals surface area contributed by atoms with Gasteiger partial charge in [0.2, 0.25) is 5.91 Å². The normalized spacial score (nSPS) is 11.5. The van der Waals surface area contributed by atoms with Crippen LogP contribution in [0.25, 0.3) is 0 Å². The highest BCUT2D eigenvalue weighted by molar-refractivity contribution is 7.85. The predicted octanol–water partition coefficient (Wildman–Crippen LogP) is 2.28. The van der Waals surface area contributed by atoms with Crippen LogP contribution in [0, 0.1) is 0 Å². The SMILES string of the molecule is COc1ccccc1CS(=O)CC(=O)Nc1ccc(C(=O)O)cc1. The molecule has 0 aliphatic rings. The number of carbonyl (C=O) groups is 2. The molecule has 0 spiro atoms. The van der Waals surface area contributed by atoms with E-state index in [1.807, 2.05) is 12.1 Å². The molecule has 0 saturated carbocycles. The topological polar surface area (TPSA) is 92.7 Å². The Morgan fingerprint density at radius 3 is 2.42 bits per heavy atom. The minimum absolute atomic E-state index is 0.132. The number of benzene rings is 2. The van der Waals surface area contributed by atoms with Crippen LogP contribution in [-0.4, -0.2) is 34.1 Å². The fourth-order valence-corrected chi connectivity index (χ4v) is 3.14. The summed E-state index contributed by atoms with van der Waals surface area (Å²) in [6.07, 6.45) is 0. The maximum atomic E-state index is 12.1. The van der Waals surface area contributed by atoms with Crippen molar-refractivity contribution in [3.05, 3.63) is 59.7 Å². The second-order valence-corrected chi connectivity index (χ2v) is 6.43. The van der Waals surface area contributed by atoms with Crippen LogP contribution in [0.5, 0.6) is 5.75 Å². The molecule has 0 saturated heterocycles. The molecule has 0 aliphatic heterocycles. The first-order valence-corrected chi connectivity index (χ1v) is 8.58. The second-order valence-electron chi connectivity index (χ2n) is 4.97. The molecule has 2 aromatic carbocycles. The van der Waals surface area contributed by atoms with E-state index in [0.717, 1.165) is 5.56 Å². The quantitative estimate of drug-likeness (QED) is 0.801. The van der Waals surface area contributed by atoms with Gasteiger partial charge in [0.15, 0.2) is 0 Å². The van der Waals surface area contributed by atoms with E-state index < -0.39 is 22.7 Å². The van der Waals surface area contributed by atoms with E-state index in [2.05, 4.69) is 5.32 Å². The third-order valence-corrected chi connectivity index (χ3v) is 4.43. The van der Waals surface area contributed by atoms with Crippen LogP contribution >= 0.6 is 0 Å². The summed E-state index contributed by atoms with van der Waals surface area (Å²) in [5.74, 6) is -0.735. The molecule has 2 aromatic rings. The summed E-state index contributed by atoms with van der Waals surface area (Å²) in [5, 5.41) is 11.4. The molecule has 6 nitrogen and oxygen atoms in total. The van der Waals surface area contributed by atoms with Crippen LogP contribution < -0.4 is 10.1 Å². The van der Waals surface area contributed by atoms with E-state index in [9.17, 15) is 13.8 Å². The fraction of sp³-hybridized carbons (Fsp3) is 0.176. The van der Waals surface area contributed by atoms with Gasteiger partial charge in [-0.05, 0) is 30.3 Å². The number of carbonyl (C=O) groups excluding carboxylic acids is 1. The molecule has 1 unspecified atom stereocenters. The van der Waals surface area contributed by atoms with Crippen molar-refractivity contribution < 1.29 is 23.6 Å². The molecular weight excluding hydrogens is 330 g/mol. The third-order valence-electron chi connectivity index (χ3n) is 3.22. The minimum Gasteiger partial charge on any atom is -0.496 e. The van der Waals surface area contributed by atoms with Crippen LogP contribution in [0.4, 0.5) is 5.69 Å². The van der Waals surface area contributed by atoms with E-state index in [1.54, 1.807) is 12.1 Å². The summed E-state index contributed by atoms with van der Waals surface area (Å²) in [4.78, 5) is 22.7. The lowest BCUT2D eigenvalue weighted by Gasteiger charge is -2.08. The Hall–Kier alpha value is -2.67. The number of hydrogen-bond donors (Lipinski definition) is 2. The van der Waals surface area contributed by atoms with Gasteiger partial charge in [-0.15, -0.1) is 0 Å². The molecule has 24 heavy (non-hydrogen) atoms. The highest BCUT2D eigenvalue weighted by Crippen LogP contribution is 2.19. The highest BCUT2D eigenvalue weighted by atomic mass is 32.2. The molecule has 2 rings (SSSR count).